The van der Waals surface area contributed by atoms with Gasteiger partial charge in [0.1, 0.15) is 0 Å². The molecule has 220 valence electrons. The molecular formula is C33H39Cl4N3O. The van der Waals surface area contributed by atoms with Crippen molar-refractivity contribution < 1.29 is 4.79 Å². The molecule has 4 nitrogen and oxygen atoms in total. The Morgan fingerprint density at radius 3 is 2.34 bits per heavy atom. The van der Waals surface area contributed by atoms with Crippen LogP contribution < -0.4 is 5.32 Å². The molecule has 0 saturated carbocycles. The number of carbonyl (C=O) groups is 1. The van der Waals surface area contributed by atoms with E-state index in [0.29, 0.717) is 16.6 Å². The van der Waals surface area contributed by atoms with E-state index in [-0.39, 0.29) is 41.6 Å². The van der Waals surface area contributed by atoms with E-state index >= 15 is 0 Å². The number of nitrogens with one attached hydrogen (secondary N) is 1. The number of halogens is 4. The van der Waals surface area contributed by atoms with Gasteiger partial charge < -0.3 is 15.1 Å². The molecule has 3 aromatic carbocycles. The number of benzene rings is 3. The van der Waals surface area contributed by atoms with Crippen molar-refractivity contribution in [3.05, 3.63) is 99.5 Å². The highest BCUT2D eigenvalue weighted by molar-refractivity contribution is 6.42. The SMILES string of the molecule is Cl.Cl.O=C(c1ccccc1)N1CCCC(CCCN2CCC3(CC2)CNc2ccccc23)(c2ccc(Cl)c(Cl)c2)C1. The van der Waals surface area contributed by atoms with Crippen LogP contribution in [0.3, 0.4) is 0 Å². The van der Waals surface area contributed by atoms with Crippen molar-refractivity contribution in [3.63, 3.8) is 0 Å². The maximum Gasteiger partial charge on any atom is 0.253 e. The molecule has 3 aromatic rings. The zero-order valence-electron chi connectivity index (χ0n) is 23.3. The minimum absolute atomic E-state index is 0. The molecule has 1 atom stereocenters. The van der Waals surface area contributed by atoms with Gasteiger partial charge >= 0.3 is 0 Å². The molecule has 41 heavy (non-hydrogen) atoms. The van der Waals surface area contributed by atoms with Gasteiger partial charge in [-0.25, -0.2) is 0 Å². The topological polar surface area (TPSA) is 35.6 Å². The number of rotatable bonds is 6. The van der Waals surface area contributed by atoms with E-state index in [4.69, 9.17) is 23.2 Å². The molecule has 0 aromatic heterocycles. The number of hydrogen-bond donors (Lipinski definition) is 1. The van der Waals surface area contributed by atoms with E-state index < -0.39 is 0 Å². The van der Waals surface area contributed by atoms with E-state index in [1.165, 1.54) is 29.7 Å². The number of amides is 1. The smallest absolute Gasteiger partial charge is 0.253 e. The quantitative estimate of drug-likeness (QED) is 0.297. The molecule has 8 heteroatoms. The Morgan fingerprint density at radius 2 is 1.59 bits per heavy atom. The summed E-state index contributed by atoms with van der Waals surface area (Å²) >= 11 is 12.8. The van der Waals surface area contributed by atoms with Crippen LogP contribution in [-0.2, 0) is 10.8 Å². The summed E-state index contributed by atoms with van der Waals surface area (Å²) < 4.78 is 0. The minimum Gasteiger partial charge on any atom is -0.384 e. The van der Waals surface area contributed by atoms with Crippen molar-refractivity contribution in [3.8, 4) is 0 Å². The van der Waals surface area contributed by atoms with Crippen LogP contribution in [0, 0.1) is 0 Å². The standard InChI is InChI=1S/C33H37Cl2N3O.2ClH/c34-28-13-12-26(22-29(28)35)33(15-7-19-38(24-33)31(39)25-8-2-1-3-9-25)14-6-18-37-20-16-32(17-21-37)23-36-30-11-5-4-10-27(30)32;;/h1-5,8-13,22,36H,6-7,14-21,23-24H2;2*1H. The van der Waals surface area contributed by atoms with Gasteiger partial charge in [-0.1, -0.05) is 65.7 Å². The molecule has 0 radical (unpaired) electrons. The Balaban J connectivity index is 0.00000194. The summed E-state index contributed by atoms with van der Waals surface area (Å²) in [6, 6.07) is 24.6. The number of anilines is 1. The first kappa shape index (κ1) is 32.0. The van der Waals surface area contributed by atoms with E-state index in [2.05, 4.69) is 45.4 Å². The first-order valence-corrected chi connectivity index (χ1v) is 15.1. The van der Waals surface area contributed by atoms with Gasteiger partial charge in [0.05, 0.1) is 10.0 Å². The Hall–Kier alpha value is -1.95. The molecule has 0 bridgehead atoms. The molecule has 0 aliphatic carbocycles. The van der Waals surface area contributed by atoms with E-state index in [1.54, 1.807) is 0 Å². The lowest BCUT2D eigenvalue weighted by molar-refractivity contribution is 0.0618. The predicted octanol–water partition coefficient (Wildman–Crippen LogP) is 8.25. The van der Waals surface area contributed by atoms with Gasteiger partial charge in [0, 0.05) is 41.7 Å². The zero-order valence-corrected chi connectivity index (χ0v) is 26.4. The van der Waals surface area contributed by atoms with E-state index in [9.17, 15) is 4.79 Å². The van der Waals surface area contributed by atoms with Crippen LogP contribution in [0.25, 0.3) is 0 Å². The molecule has 1 unspecified atom stereocenters. The van der Waals surface area contributed by atoms with E-state index in [0.717, 1.165) is 64.0 Å². The number of para-hydroxylation sites is 1. The summed E-state index contributed by atoms with van der Waals surface area (Å²) in [5.74, 6) is 0.117. The molecule has 3 aliphatic rings. The Bertz CT molecular complexity index is 1330. The van der Waals surface area contributed by atoms with Crippen molar-refractivity contribution in [2.45, 2.75) is 49.4 Å². The number of nitrogens with zero attached hydrogens (tertiary/aromatic N) is 2. The van der Waals surface area contributed by atoms with Crippen LogP contribution in [0.4, 0.5) is 5.69 Å². The van der Waals surface area contributed by atoms with Crippen LogP contribution in [0.15, 0.2) is 72.8 Å². The van der Waals surface area contributed by atoms with Gasteiger partial charge in [0.15, 0.2) is 0 Å². The normalized spacial score (nSPS) is 21.4. The van der Waals surface area contributed by atoms with Gasteiger partial charge in [-0.3, -0.25) is 4.79 Å². The number of hydrogen-bond acceptors (Lipinski definition) is 3. The van der Waals surface area contributed by atoms with Crippen LogP contribution in [0.1, 0.15) is 60.0 Å². The summed E-state index contributed by atoms with van der Waals surface area (Å²) in [6.45, 7) is 5.92. The van der Waals surface area contributed by atoms with Crippen LogP contribution in [0.2, 0.25) is 10.0 Å². The van der Waals surface area contributed by atoms with Crippen molar-refractivity contribution in [1.29, 1.82) is 0 Å². The highest BCUT2D eigenvalue weighted by Gasteiger charge is 2.42. The first-order chi connectivity index (χ1) is 19.0. The second-order valence-corrected chi connectivity index (χ2v) is 12.5. The van der Waals surface area contributed by atoms with Gasteiger partial charge in [-0.15, -0.1) is 24.8 Å². The minimum atomic E-state index is -0.123. The number of carbonyl (C=O) groups excluding carboxylic acids is 1. The lowest BCUT2D eigenvalue weighted by atomic mass is 9.70. The molecule has 3 aliphatic heterocycles. The summed E-state index contributed by atoms with van der Waals surface area (Å²) in [7, 11) is 0. The lowest BCUT2D eigenvalue weighted by Gasteiger charge is -2.44. The fourth-order valence-corrected chi connectivity index (χ4v) is 7.53. The van der Waals surface area contributed by atoms with E-state index in [1.807, 2.05) is 42.5 Å². The monoisotopic (exact) mass is 633 g/mol. The summed E-state index contributed by atoms with van der Waals surface area (Å²) in [6.07, 6.45) is 6.56. The summed E-state index contributed by atoms with van der Waals surface area (Å²) in [5, 5.41) is 4.81. The number of piperidine rings is 2. The highest BCUT2D eigenvalue weighted by Crippen LogP contribution is 2.44. The maximum absolute atomic E-state index is 13.4. The molecule has 2 saturated heterocycles. The van der Waals surface area contributed by atoms with Gasteiger partial charge in [-0.2, -0.15) is 0 Å². The van der Waals surface area contributed by atoms with Crippen molar-refractivity contribution in [1.82, 2.24) is 9.80 Å². The Kier molecular flexibility index (Phi) is 10.6. The van der Waals surface area contributed by atoms with Gasteiger partial charge in [0.25, 0.3) is 5.91 Å². The Labute approximate surface area is 266 Å². The molecule has 1 amide bonds. The first-order valence-electron chi connectivity index (χ1n) is 14.3. The highest BCUT2D eigenvalue weighted by atomic mass is 35.5. The van der Waals surface area contributed by atoms with Crippen molar-refractivity contribution >= 4 is 59.6 Å². The summed E-state index contributed by atoms with van der Waals surface area (Å²) in [5.41, 5.74) is 4.95. The van der Waals surface area contributed by atoms with Crippen molar-refractivity contribution in [2.75, 3.05) is 44.6 Å². The maximum atomic E-state index is 13.4. The third-order valence-electron chi connectivity index (χ3n) is 9.48. The fraction of sp³-hybridized carbons (Fsp3) is 0.424. The van der Waals surface area contributed by atoms with Crippen molar-refractivity contribution in [2.24, 2.45) is 0 Å². The van der Waals surface area contributed by atoms with Crippen LogP contribution in [-0.4, -0.2) is 55.0 Å². The summed E-state index contributed by atoms with van der Waals surface area (Å²) in [4.78, 5) is 18.1. The van der Waals surface area contributed by atoms with Crippen LogP contribution in [0.5, 0.6) is 0 Å². The number of fused-ring (bicyclic) bond motifs is 2. The van der Waals surface area contributed by atoms with Gasteiger partial charge in [0.2, 0.25) is 0 Å². The molecular weight excluding hydrogens is 596 g/mol. The fourth-order valence-electron chi connectivity index (χ4n) is 7.23. The molecule has 3 heterocycles. The van der Waals surface area contributed by atoms with Gasteiger partial charge in [-0.05, 0) is 99.6 Å². The predicted molar refractivity (Wildman–Crippen MR) is 176 cm³/mol. The molecule has 6 rings (SSSR count). The zero-order chi connectivity index (χ0) is 26.9. The third kappa shape index (κ3) is 6.53. The second kappa shape index (κ2) is 13.6. The molecule has 1 N–H and O–H groups in total. The molecule has 2 fully saturated rings. The average Bonchev–Trinajstić information content (AvgIpc) is 3.33. The largest absolute Gasteiger partial charge is 0.384 e. The third-order valence-corrected chi connectivity index (χ3v) is 10.2. The Morgan fingerprint density at radius 1 is 0.854 bits per heavy atom. The van der Waals surface area contributed by atoms with Crippen LogP contribution >= 0.6 is 48.0 Å². The lowest BCUT2D eigenvalue weighted by Crippen LogP contribution is -2.49. The average molecular weight is 636 g/mol. The second-order valence-electron chi connectivity index (χ2n) is 11.7. The molecule has 1 spiro atoms. The number of likely N-dealkylation sites (tertiary alicyclic amines) is 2.